The highest BCUT2D eigenvalue weighted by atomic mass is 32.2. The fourth-order valence-corrected chi connectivity index (χ4v) is 4.00. The molecule has 1 aliphatic heterocycles. The molecule has 9 nitrogen and oxygen atoms in total. The molecule has 0 spiro atoms. The number of likely N-dealkylation sites (N-methyl/N-ethyl adjacent to an activating group) is 1. The Morgan fingerprint density at radius 1 is 1.06 bits per heavy atom. The van der Waals surface area contributed by atoms with Crippen molar-refractivity contribution in [2.75, 3.05) is 32.9 Å². The van der Waals surface area contributed by atoms with Gasteiger partial charge in [0.05, 0.1) is 18.1 Å². The summed E-state index contributed by atoms with van der Waals surface area (Å²) in [6.45, 7) is 2.50. The van der Waals surface area contributed by atoms with Crippen LogP contribution in [-0.4, -0.2) is 58.1 Å². The molecule has 0 bridgehead atoms. The monoisotopic (exact) mass is 462 g/mol. The number of nitrogens with zero attached hydrogens (tertiary/aromatic N) is 1. The summed E-state index contributed by atoms with van der Waals surface area (Å²) >= 11 is 0. The van der Waals surface area contributed by atoms with E-state index in [1.807, 2.05) is 37.3 Å². The van der Waals surface area contributed by atoms with E-state index in [0.717, 1.165) is 5.56 Å². The number of sulfonamides is 1. The number of hydrogen-bond donors (Lipinski definition) is 1. The second-order valence-electron chi connectivity index (χ2n) is 7.04. The van der Waals surface area contributed by atoms with Crippen LogP contribution in [0.5, 0.6) is 11.5 Å². The molecule has 0 aromatic heterocycles. The van der Waals surface area contributed by atoms with Crippen molar-refractivity contribution in [2.24, 2.45) is 0 Å². The van der Waals surface area contributed by atoms with Crippen LogP contribution < -0.4 is 14.2 Å². The first kappa shape index (κ1) is 23.6. The quantitative estimate of drug-likeness (QED) is 0.565. The highest BCUT2D eigenvalue weighted by Gasteiger charge is 2.21. The van der Waals surface area contributed by atoms with E-state index in [0.29, 0.717) is 44.2 Å². The lowest BCUT2D eigenvalue weighted by Gasteiger charge is -2.20. The van der Waals surface area contributed by atoms with Crippen molar-refractivity contribution >= 4 is 21.9 Å². The number of ether oxygens (including phenoxy) is 3. The fraction of sp³-hybridized carbons (Fsp3) is 0.364. The number of nitrogens with one attached hydrogen (secondary N) is 1. The molecule has 172 valence electrons. The van der Waals surface area contributed by atoms with Crippen LogP contribution in [0.2, 0.25) is 0 Å². The maximum absolute atomic E-state index is 12.5. The average molecular weight is 463 g/mol. The number of fused-ring (bicyclic) bond motifs is 1. The van der Waals surface area contributed by atoms with Gasteiger partial charge in [-0.3, -0.25) is 9.59 Å². The third-order valence-corrected chi connectivity index (χ3v) is 6.14. The van der Waals surface area contributed by atoms with E-state index in [9.17, 15) is 18.0 Å². The second kappa shape index (κ2) is 11.0. The number of hydrogen-bond acceptors (Lipinski definition) is 7. The molecule has 0 radical (unpaired) electrons. The molecule has 2 aromatic carbocycles. The van der Waals surface area contributed by atoms with Crippen molar-refractivity contribution in [1.29, 1.82) is 0 Å². The third kappa shape index (κ3) is 6.44. The summed E-state index contributed by atoms with van der Waals surface area (Å²) < 4.78 is 43.2. The van der Waals surface area contributed by atoms with Crippen LogP contribution in [0.3, 0.4) is 0 Å². The third-order valence-electron chi connectivity index (χ3n) is 4.74. The number of carbonyl (C=O) groups excluding carboxylic acids is 2. The molecule has 0 aliphatic carbocycles. The van der Waals surface area contributed by atoms with Gasteiger partial charge in [0.2, 0.25) is 10.0 Å². The van der Waals surface area contributed by atoms with Crippen LogP contribution in [0.15, 0.2) is 53.4 Å². The molecule has 1 amide bonds. The summed E-state index contributed by atoms with van der Waals surface area (Å²) in [6.07, 6.45) is 0.695. The largest absolute Gasteiger partial charge is 0.490 e. The SMILES string of the molecule is CCN(Cc1ccccc1)C(=O)COC(=O)CNS(=O)(=O)c1ccc2c(c1)OCCCO2. The van der Waals surface area contributed by atoms with Crippen molar-refractivity contribution in [1.82, 2.24) is 9.62 Å². The maximum atomic E-state index is 12.5. The van der Waals surface area contributed by atoms with Crippen LogP contribution in [0.1, 0.15) is 18.9 Å². The van der Waals surface area contributed by atoms with Gasteiger partial charge in [-0.1, -0.05) is 30.3 Å². The summed E-state index contributed by atoms with van der Waals surface area (Å²) in [5.41, 5.74) is 0.955. The molecule has 1 N–H and O–H groups in total. The topological polar surface area (TPSA) is 111 Å². The standard InChI is InChI=1S/C22H26N2O7S/c1-2-24(15-17-7-4-3-5-8-17)21(25)16-31-22(26)14-23-32(27,28)18-9-10-19-20(13-18)30-12-6-11-29-19/h3-5,7-10,13,23H,2,6,11-12,14-16H2,1H3. The van der Waals surface area contributed by atoms with E-state index in [1.165, 1.54) is 18.2 Å². The molecule has 0 unspecified atom stereocenters. The van der Waals surface area contributed by atoms with Crippen LogP contribution in [0, 0.1) is 0 Å². The van der Waals surface area contributed by atoms with Gasteiger partial charge in [-0.05, 0) is 24.6 Å². The zero-order chi connectivity index (χ0) is 23.0. The molecule has 3 rings (SSSR count). The van der Waals surface area contributed by atoms with Gasteiger partial charge in [0.15, 0.2) is 18.1 Å². The minimum absolute atomic E-state index is 0.0642. The van der Waals surface area contributed by atoms with Crippen molar-refractivity contribution < 1.29 is 32.2 Å². The Kier molecular flexibility index (Phi) is 8.07. The molecule has 2 aromatic rings. The van der Waals surface area contributed by atoms with Crippen LogP contribution in [0.4, 0.5) is 0 Å². The molecule has 0 fully saturated rings. The fourth-order valence-electron chi connectivity index (χ4n) is 3.01. The molecular weight excluding hydrogens is 436 g/mol. The maximum Gasteiger partial charge on any atom is 0.321 e. The van der Waals surface area contributed by atoms with E-state index in [2.05, 4.69) is 4.72 Å². The summed E-state index contributed by atoms with van der Waals surface area (Å²) in [5, 5.41) is 0. The number of rotatable bonds is 9. The predicted molar refractivity (Wildman–Crippen MR) is 116 cm³/mol. The number of benzene rings is 2. The van der Waals surface area contributed by atoms with Gasteiger partial charge in [0.25, 0.3) is 5.91 Å². The lowest BCUT2D eigenvalue weighted by atomic mass is 10.2. The Morgan fingerprint density at radius 3 is 2.50 bits per heavy atom. The first-order valence-electron chi connectivity index (χ1n) is 10.3. The Balaban J connectivity index is 1.50. The predicted octanol–water partition coefficient (Wildman–Crippen LogP) is 1.72. The summed E-state index contributed by atoms with van der Waals surface area (Å²) in [5.74, 6) is -0.422. The van der Waals surface area contributed by atoms with Gasteiger partial charge in [-0.2, -0.15) is 4.72 Å². The van der Waals surface area contributed by atoms with Gasteiger partial charge in [0.1, 0.15) is 6.54 Å². The normalized spacial score (nSPS) is 13.2. The van der Waals surface area contributed by atoms with E-state index in [4.69, 9.17) is 14.2 Å². The van der Waals surface area contributed by atoms with Gasteiger partial charge < -0.3 is 19.1 Å². The first-order chi connectivity index (χ1) is 15.4. The summed E-state index contributed by atoms with van der Waals surface area (Å²) in [7, 11) is -3.98. The van der Waals surface area contributed by atoms with Crippen molar-refractivity contribution in [3.05, 3.63) is 54.1 Å². The lowest BCUT2D eigenvalue weighted by molar-refractivity contribution is -0.151. The zero-order valence-corrected chi connectivity index (χ0v) is 18.6. The molecule has 0 saturated heterocycles. The van der Waals surface area contributed by atoms with Crippen LogP contribution >= 0.6 is 0 Å². The minimum atomic E-state index is -3.98. The molecule has 0 saturated carbocycles. The minimum Gasteiger partial charge on any atom is -0.490 e. The molecule has 1 aliphatic rings. The van der Waals surface area contributed by atoms with Crippen molar-refractivity contribution in [2.45, 2.75) is 24.8 Å². The average Bonchev–Trinajstić information content (AvgIpc) is 3.05. The zero-order valence-electron chi connectivity index (χ0n) is 17.8. The number of carbonyl (C=O) groups is 2. The first-order valence-corrected chi connectivity index (χ1v) is 11.7. The van der Waals surface area contributed by atoms with Gasteiger partial charge >= 0.3 is 5.97 Å². The van der Waals surface area contributed by atoms with E-state index >= 15 is 0 Å². The highest BCUT2D eigenvalue weighted by Crippen LogP contribution is 2.31. The van der Waals surface area contributed by atoms with Crippen molar-refractivity contribution in [3.8, 4) is 11.5 Å². The second-order valence-corrected chi connectivity index (χ2v) is 8.80. The smallest absolute Gasteiger partial charge is 0.321 e. The van der Waals surface area contributed by atoms with Gasteiger partial charge in [-0.15, -0.1) is 0 Å². The van der Waals surface area contributed by atoms with E-state index in [-0.39, 0.29) is 10.8 Å². The number of amides is 1. The number of esters is 1. The summed E-state index contributed by atoms with van der Waals surface area (Å²) in [4.78, 5) is 25.8. The Labute approximate surface area is 187 Å². The Morgan fingerprint density at radius 2 is 1.78 bits per heavy atom. The molecule has 1 heterocycles. The summed E-state index contributed by atoms with van der Waals surface area (Å²) in [6, 6.07) is 13.7. The Hall–Kier alpha value is -3.11. The van der Waals surface area contributed by atoms with E-state index < -0.39 is 29.1 Å². The lowest BCUT2D eigenvalue weighted by Crippen LogP contribution is -2.36. The van der Waals surface area contributed by atoms with Crippen LogP contribution in [-0.2, 0) is 30.9 Å². The van der Waals surface area contributed by atoms with Crippen molar-refractivity contribution in [3.63, 3.8) is 0 Å². The molecule has 32 heavy (non-hydrogen) atoms. The Bertz CT molecular complexity index is 1040. The molecule has 0 atom stereocenters. The van der Waals surface area contributed by atoms with E-state index in [1.54, 1.807) is 4.90 Å². The van der Waals surface area contributed by atoms with Gasteiger partial charge in [-0.25, -0.2) is 8.42 Å². The molecule has 10 heteroatoms. The van der Waals surface area contributed by atoms with Gasteiger partial charge in [0, 0.05) is 25.6 Å². The molecular formula is C22H26N2O7S. The van der Waals surface area contributed by atoms with Crippen LogP contribution in [0.25, 0.3) is 0 Å². The highest BCUT2D eigenvalue weighted by molar-refractivity contribution is 7.89.